The summed E-state index contributed by atoms with van der Waals surface area (Å²) in [5, 5.41) is 9.71. The Morgan fingerprint density at radius 3 is 2.67 bits per heavy atom. The van der Waals surface area contributed by atoms with Gasteiger partial charge in [-0.1, -0.05) is 25.6 Å². The second-order valence-electron chi connectivity index (χ2n) is 6.00. The Hall–Kier alpha value is -1.43. The van der Waals surface area contributed by atoms with Gasteiger partial charge in [0.2, 0.25) is 5.95 Å². The minimum absolute atomic E-state index is 0.685. The highest BCUT2D eigenvalue weighted by atomic mass is 32.2. The van der Waals surface area contributed by atoms with Crippen molar-refractivity contribution < 1.29 is 4.42 Å². The molecule has 3 heterocycles. The first-order valence-corrected chi connectivity index (χ1v) is 8.64. The maximum absolute atomic E-state index is 5.49. The summed E-state index contributed by atoms with van der Waals surface area (Å²) in [7, 11) is 0. The van der Waals surface area contributed by atoms with Gasteiger partial charge in [0.25, 0.3) is 0 Å². The summed E-state index contributed by atoms with van der Waals surface area (Å²) in [6.07, 6.45) is 5.04. The van der Waals surface area contributed by atoms with Crippen LogP contribution >= 0.6 is 11.8 Å². The molecule has 114 valence electrons. The van der Waals surface area contributed by atoms with Crippen LogP contribution in [0.5, 0.6) is 0 Å². The zero-order valence-electron chi connectivity index (χ0n) is 12.8. The van der Waals surface area contributed by atoms with E-state index in [0.29, 0.717) is 18.4 Å². The largest absolute Gasteiger partial charge is 0.467 e. The van der Waals surface area contributed by atoms with Crippen molar-refractivity contribution in [3.8, 4) is 0 Å². The third-order valence-electron chi connectivity index (χ3n) is 3.93. The third-order valence-corrected chi connectivity index (χ3v) is 4.59. The van der Waals surface area contributed by atoms with E-state index in [0.717, 1.165) is 30.0 Å². The summed E-state index contributed by atoms with van der Waals surface area (Å²) in [4.78, 5) is 2.37. The summed E-state index contributed by atoms with van der Waals surface area (Å²) >= 11 is 1.62. The fourth-order valence-corrected chi connectivity index (χ4v) is 3.68. The van der Waals surface area contributed by atoms with Crippen molar-refractivity contribution in [2.24, 2.45) is 11.8 Å². The van der Waals surface area contributed by atoms with Crippen LogP contribution in [0.1, 0.15) is 26.0 Å². The van der Waals surface area contributed by atoms with E-state index in [9.17, 15) is 0 Å². The fourth-order valence-electron chi connectivity index (χ4n) is 3.19. The Kier molecular flexibility index (Phi) is 4.24. The van der Waals surface area contributed by atoms with Crippen molar-refractivity contribution in [2.75, 3.05) is 24.2 Å². The number of rotatable bonds is 4. The summed E-state index contributed by atoms with van der Waals surface area (Å²) in [6, 6.07) is 3.92. The quantitative estimate of drug-likeness (QED) is 0.812. The maximum atomic E-state index is 5.49. The molecule has 0 aromatic carbocycles. The van der Waals surface area contributed by atoms with Crippen molar-refractivity contribution in [1.82, 2.24) is 14.8 Å². The van der Waals surface area contributed by atoms with Crippen LogP contribution in [0.4, 0.5) is 5.95 Å². The zero-order chi connectivity index (χ0) is 14.8. The highest BCUT2D eigenvalue weighted by Crippen LogP contribution is 2.28. The highest BCUT2D eigenvalue weighted by Gasteiger charge is 2.26. The van der Waals surface area contributed by atoms with Crippen LogP contribution in [0.25, 0.3) is 0 Å². The first kappa shape index (κ1) is 14.5. The molecule has 0 bridgehead atoms. The number of hydrogen-bond donors (Lipinski definition) is 0. The Balaban J connectivity index is 1.89. The highest BCUT2D eigenvalue weighted by molar-refractivity contribution is 7.98. The molecule has 3 rings (SSSR count). The number of hydrogen-bond acceptors (Lipinski definition) is 5. The monoisotopic (exact) mass is 306 g/mol. The average Bonchev–Trinajstić information content (AvgIpc) is 3.07. The van der Waals surface area contributed by atoms with Crippen molar-refractivity contribution in [3.05, 3.63) is 24.2 Å². The van der Waals surface area contributed by atoms with Crippen molar-refractivity contribution >= 4 is 17.7 Å². The molecular formula is C15H22N4OS. The average molecular weight is 306 g/mol. The van der Waals surface area contributed by atoms with E-state index in [1.807, 2.05) is 18.4 Å². The molecule has 0 amide bonds. The van der Waals surface area contributed by atoms with Gasteiger partial charge >= 0.3 is 0 Å². The van der Waals surface area contributed by atoms with Crippen LogP contribution in [0.3, 0.4) is 0 Å². The first-order valence-electron chi connectivity index (χ1n) is 7.42. The molecule has 2 aromatic rings. The van der Waals surface area contributed by atoms with Gasteiger partial charge in [-0.25, -0.2) is 0 Å². The molecule has 2 unspecified atom stereocenters. The molecule has 5 nitrogen and oxygen atoms in total. The van der Waals surface area contributed by atoms with Crippen molar-refractivity contribution in [2.45, 2.75) is 32.0 Å². The number of thioether (sulfide) groups is 1. The Morgan fingerprint density at radius 1 is 1.29 bits per heavy atom. The summed E-state index contributed by atoms with van der Waals surface area (Å²) < 4.78 is 7.65. The standard InChI is InChI=1S/C15H22N4OS/c1-11-7-12(2)9-18(8-11)14-16-17-15(21-3)19(14)10-13-5-4-6-20-13/h4-6,11-12H,7-10H2,1-3H3. The second kappa shape index (κ2) is 6.13. The lowest BCUT2D eigenvalue weighted by atomic mass is 9.92. The molecule has 0 spiro atoms. The van der Waals surface area contributed by atoms with Crippen LogP contribution in [-0.4, -0.2) is 34.1 Å². The number of anilines is 1. The molecule has 1 fully saturated rings. The minimum Gasteiger partial charge on any atom is -0.467 e. The Morgan fingerprint density at radius 2 is 2.05 bits per heavy atom. The molecule has 0 N–H and O–H groups in total. The van der Waals surface area contributed by atoms with Crippen LogP contribution in [0.15, 0.2) is 28.0 Å². The van der Waals surface area contributed by atoms with E-state index in [4.69, 9.17) is 4.42 Å². The maximum Gasteiger partial charge on any atom is 0.228 e. The summed E-state index contributed by atoms with van der Waals surface area (Å²) in [5.41, 5.74) is 0. The van der Waals surface area contributed by atoms with Gasteiger partial charge in [-0.05, 0) is 36.6 Å². The summed E-state index contributed by atoms with van der Waals surface area (Å²) in [6.45, 7) is 7.41. The Bertz CT molecular complexity index is 571. The van der Waals surface area contributed by atoms with Crippen LogP contribution < -0.4 is 4.90 Å². The Labute approximate surface area is 129 Å². The minimum atomic E-state index is 0.685. The normalized spacial score (nSPS) is 22.7. The third kappa shape index (κ3) is 3.10. The van der Waals surface area contributed by atoms with E-state index in [-0.39, 0.29) is 0 Å². The van der Waals surface area contributed by atoms with E-state index >= 15 is 0 Å². The molecule has 0 saturated carbocycles. The second-order valence-corrected chi connectivity index (χ2v) is 6.78. The predicted octanol–water partition coefficient (Wildman–Crippen LogP) is 3.12. The first-order chi connectivity index (χ1) is 10.2. The van der Waals surface area contributed by atoms with E-state index < -0.39 is 0 Å². The lowest BCUT2D eigenvalue weighted by molar-refractivity contribution is 0.350. The van der Waals surface area contributed by atoms with E-state index in [1.54, 1.807) is 18.0 Å². The lowest BCUT2D eigenvalue weighted by Crippen LogP contribution is -2.40. The van der Waals surface area contributed by atoms with Gasteiger partial charge in [0.1, 0.15) is 5.76 Å². The van der Waals surface area contributed by atoms with Crippen LogP contribution in [0.2, 0.25) is 0 Å². The van der Waals surface area contributed by atoms with Crippen LogP contribution in [0, 0.1) is 11.8 Å². The molecule has 1 saturated heterocycles. The number of nitrogens with zero attached hydrogens (tertiary/aromatic N) is 4. The van der Waals surface area contributed by atoms with E-state index in [2.05, 4.69) is 33.5 Å². The van der Waals surface area contributed by atoms with Gasteiger partial charge in [-0.15, -0.1) is 10.2 Å². The zero-order valence-corrected chi connectivity index (χ0v) is 13.6. The van der Waals surface area contributed by atoms with Gasteiger partial charge < -0.3 is 9.32 Å². The van der Waals surface area contributed by atoms with Gasteiger partial charge in [0, 0.05) is 13.1 Å². The lowest BCUT2D eigenvalue weighted by Gasteiger charge is -2.35. The molecule has 0 aliphatic carbocycles. The molecule has 21 heavy (non-hydrogen) atoms. The topological polar surface area (TPSA) is 47.1 Å². The molecule has 1 aliphatic rings. The molecule has 0 radical (unpaired) electrons. The molecule has 2 aromatic heterocycles. The van der Waals surface area contributed by atoms with Gasteiger partial charge in [-0.3, -0.25) is 4.57 Å². The fraction of sp³-hybridized carbons (Fsp3) is 0.600. The van der Waals surface area contributed by atoms with Crippen LogP contribution in [-0.2, 0) is 6.54 Å². The van der Waals surface area contributed by atoms with Crippen molar-refractivity contribution in [3.63, 3.8) is 0 Å². The van der Waals surface area contributed by atoms with Gasteiger partial charge in [0.15, 0.2) is 5.16 Å². The van der Waals surface area contributed by atoms with Gasteiger partial charge in [0.05, 0.1) is 12.8 Å². The molecular weight excluding hydrogens is 284 g/mol. The number of piperidine rings is 1. The number of aromatic nitrogens is 3. The summed E-state index contributed by atoms with van der Waals surface area (Å²) in [5.74, 6) is 3.29. The predicted molar refractivity (Wildman–Crippen MR) is 84.8 cm³/mol. The smallest absolute Gasteiger partial charge is 0.228 e. The number of furan rings is 1. The molecule has 1 aliphatic heterocycles. The van der Waals surface area contributed by atoms with Crippen molar-refractivity contribution in [1.29, 1.82) is 0 Å². The molecule has 2 atom stereocenters. The molecule has 6 heteroatoms. The van der Waals surface area contributed by atoms with E-state index in [1.165, 1.54) is 6.42 Å². The SMILES string of the molecule is CSc1nnc(N2CC(C)CC(C)C2)n1Cc1ccco1. The van der Waals surface area contributed by atoms with Gasteiger partial charge in [-0.2, -0.15) is 0 Å².